The van der Waals surface area contributed by atoms with E-state index in [4.69, 9.17) is 28.1 Å². The van der Waals surface area contributed by atoms with Crippen molar-refractivity contribution >= 4 is 11.5 Å². The zero-order chi connectivity index (χ0) is 26.6. The molecule has 0 fully saturated rings. The maximum Gasteiger partial charge on any atom is 0.287 e. The van der Waals surface area contributed by atoms with Crippen molar-refractivity contribution in [1.82, 2.24) is 5.32 Å². The van der Waals surface area contributed by atoms with Gasteiger partial charge in [-0.3, -0.25) is 4.79 Å². The average molecular weight is 508 g/mol. The number of carbonyl (C=O) groups excluding carboxylic acids is 1. The molecule has 0 saturated carbocycles. The molecule has 37 heavy (non-hydrogen) atoms. The summed E-state index contributed by atoms with van der Waals surface area (Å²) in [5, 5.41) is 2.96. The van der Waals surface area contributed by atoms with Gasteiger partial charge in [-0.1, -0.05) is 11.6 Å². The highest BCUT2D eigenvalue weighted by atomic mass is 16.7. The van der Waals surface area contributed by atoms with Gasteiger partial charge in [0, 0.05) is 26.6 Å². The molecular weight excluding hydrogens is 474 g/mol. The largest absolute Gasteiger partial charge is 0.497 e. The summed E-state index contributed by atoms with van der Waals surface area (Å²) in [6.45, 7) is 2.40. The maximum absolute atomic E-state index is 12.9. The number of hydrogen-bond acceptors (Lipinski definition) is 7. The molecule has 0 spiro atoms. The highest BCUT2D eigenvalue weighted by Crippen LogP contribution is 2.46. The van der Waals surface area contributed by atoms with Gasteiger partial charge in [0.2, 0.25) is 5.91 Å². The van der Waals surface area contributed by atoms with Crippen LogP contribution in [0.1, 0.15) is 36.1 Å². The first-order valence-electron chi connectivity index (χ1n) is 11.9. The Hall–Kier alpha value is -3.75. The molecule has 1 atom stereocenters. The van der Waals surface area contributed by atoms with E-state index in [9.17, 15) is 4.79 Å². The van der Waals surface area contributed by atoms with Crippen molar-refractivity contribution in [1.29, 1.82) is 0 Å². The highest BCUT2D eigenvalue weighted by Gasteiger charge is 2.44. The van der Waals surface area contributed by atoms with E-state index in [1.165, 1.54) is 14.2 Å². The standard InChI is InChI=1S/C29H33NO7/c1-18-23(12-19-13-26(33-3)29(35-5,36-6)27(14-19)34-4)22-10-9-20(32-2)15-25(22)24(18)16-28(31)30-17-21-8-7-11-37-21/h7-15,24H,16-17H2,1-6H3,(H,30,31). The third-order valence-corrected chi connectivity index (χ3v) is 6.87. The molecule has 8 nitrogen and oxygen atoms in total. The Labute approximate surface area is 217 Å². The summed E-state index contributed by atoms with van der Waals surface area (Å²) in [6.07, 6.45) is 7.68. The fourth-order valence-corrected chi connectivity index (χ4v) is 4.92. The summed E-state index contributed by atoms with van der Waals surface area (Å²) < 4.78 is 33.4. The van der Waals surface area contributed by atoms with Crippen LogP contribution in [0.2, 0.25) is 0 Å². The molecule has 1 amide bonds. The predicted octanol–water partition coefficient (Wildman–Crippen LogP) is 4.86. The van der Waals surface area contributed by atoms with Gasteiger partial charge >= 0.3 is 0 Å². The van der Waals surface area contributed by atoms with Crippen LogP contribution in [0.5, 0.6) is 5.75 Å². The summed E-state index contributed by atoms with van der Waals surface area (Å²) >= 11 is 0. The van der Waals surface area contributed by atoms with Gasteiger partial charge in [-0.15, -0.1) is 0 Å². The van der Waals surface area contributed by atoms with E-state index < -0.39 is 5.79 Å². The summed E-state index contributed by atoms with van der Waals surface area (Å²) in [7, 11) is 7.83. The highest BCUT2D eigenvalue weighted by molar-refractivity contribution is 5.88. The summed E-state index contributed by atoms with van der Waals surface area (Å²) in [5.74, 6) is 0.944. The van der Waals surface area contributed by atoms with E-state index in [1.54, 1.807) is 33.7 Å². The number of fused-ring (bicyclic) bond motifs is 1. The first-order chi connectivity index (χ1) is 17.9. The van der Waals surface area contributed by atoms with Gasteiger partial charge in [-0.25, -0.2) is 0 Å². The lowest BCUT2D eigenvalue weighted by Gasteiger charge is -2.35. The predicted molar refractivity (Wildman–Crippen MR) is 139 cm³/mol. The normalized spacial score (nSPS) is 18.1. The lowest BCUT2D eigenvalue weighted by Crippen LogP contribution is -2.41. The maximum atomic E-state index is 12.9. The molecule has 2 aliphatic carbocycles. The Kier molecular flexibility index (Phi) is 7.90. The molecule has 1 aromatic heterocycles. The molecule has 0 radical (unpaired) electrons. The molecule has 2 aromatic rings. The second-order valence-electron chi connectivity index (χ2n) is 8.76. The minimum Gasteiger partial charge on any atom is -0.497 e. The summed E-state index contributed by atoms with van der Waals surface area (Å²) in [5.41, 5.74) is 5.04. The number of allylic oxidation sites excluding steroid dienone is 6. The first kappa shape index (κ1) is 26.3. The van der Waals surface area contributed by atoms with Crippen molar-refractivity contribution < 1.29 is 32.9 Å². The third kappa shape index (κ3) is 4.95. The van der Waals surface area contributed by atoms with E-state index in [0.29, 0.717) is 30.2 Å². The van der Waals surface area contributed by atoms with Gasteiger partial charge in [-0.2, -0.15) is 0 Å². The van der Waals surface area contributed by atoms with E-state index in [0.717, 1.165) is 33.6 Å². The van der Waals surface area contributed by atoms with Crippen LogP contribution in [0.25, 0.3) is 5.57 Å². The van der Waals surface area contributed by atoms with Crippen LogP contribution in [0.15, 0.2) is 81.9 Å². The van der Waals surface area contributed by atoms with Gasteiger partial charge in [0.05, 0.1) is 34.1 Å². The monoisotopic (exact) mass is 507 g/mol. The molecule has 1 heterocycles. The zero-order valence-electron chi connectivity index (χ0n) is 22.0. The fourth-order valence-electron chi connectivity index (χ4n) is 4.92. The lowest BCUT2D eigenvalue weighted by molar-refractivity contribution is -0.195. The van der Waals surface area contributed by atoms with Gasteiger partial charge in [-0.05, 0) is 71.7 Å². The van der Waals surface area contributed by atoms with Crippen LogP contribution in [0.4, 0.5) is 0 Å². The van der Waals surface area contributed by atoms with E-state index in [1.807, 2.05) is 36.4 Å². The Bertz CT molecular complexity index is 1240. The molecule has 0 saturated heterocycles. The van der Waals surface area contributed by atoms with Gasteiger partial charge in [0.25, 0.3) is 5.79 Å². The molecule has 0 aliphatic heterocycles. The SMILES string of the molecule is COC1=CC(=CC2=C(C)C(CC(=O)NCc3ccco3)c3cc(OC)ccc32)C=C(OC)C1(OC)OC. The van der Waals surface area contributed by atoms with Crippen LogP contribution in [-0.4, -0.2) is 47.2 Å². The third-order valence-electron chi connectivity index (χ3n) is 6.87. The van der Waals surface area contributed by atoms with Crippen molar-refractivity contribution in [3.05, 3.63) is 94.4 Å². The minimum absolute atomic E-state index is 0.0609. The number of benzene rings is 1. The molecule has 1 unspecified atom stereocenters. The molecule has 8 heteroatoms. The quantitative estimate of drug-likeness (QED) is 0.460. The lowest BCUT2D eigenvalue weighted by atomic mass is 9.92. The number of furan rings is 1. The number of ether oxygens (including phenoxy) is 5. The summed E-state index contributed by atoms with van der Waals surface area (Å²) in [4.78, 5) is 12.9. The molecule has 0 bridgehead atoms. The number of carbonyl (C=O) groups is 1. The van der Waals surface area contributed by atoms with Crippen LogP contribution < -0.4 is 10.1 Å². The summed E-state index contributed by atoms with van der Waals surface area (Å²) in [6, 6.07) is 9.60. The van der Waals surface area contributed by atoms with E-state index in [-0.39, 0.29) is 11.8 Å². The van der Waals surface area contributed by atoms with Crippen LogP contribution in [0.3, 0.4) is 0 Å². The number of nitrogens with one attached hydrogen (secondary N) is 1. The van der Waals surface area contributed by atoms with Gasteiger partial charge in [0.1, 0.15) is 11.5 Å². The molecule has 2 aliphatic rings. The fraction of sp³-hybridized carbons (Fsp3) is 0.345. The zero-order valence-corrected chi connectivity index (χ0v) is 22.0. The van der Waals surface area contributed by atoms with E-state index >= 15 is 0 Å². The molecule has 1 aromatic carbocycles. The Morgan fingerprint density at radius 1 is 1.03 bits per heavy atom. The van der Waals surface area contributed by atoms with Gasteiger partial charge < -0.3 is 33.4 Å². The molecule has 4 rings (SSSR count). The van der Waals surface area contributed by atoms with E-state index in [2.05, 4.69) is 18.3 Å². The first-order valence-corrected chi connectivity index (χ1v) is 11.9. The second-order valence-corrected chi connectivity index (χ2v) is 8.76. The Balaban J connectivity index is 1.71. The van der Waals surface area contributed by atoms with Crippen LogP contribution in [-0.2, 0) is 30.3 Å². The molecular formula is C29H33NO7. The van der Waals surface area contributed by atoms with Crippen molar-refractivity contribution in [3.63, 3.8) is 0 Å². The second kappa shape index (κ2) is 11.1. The molecule has 1 N–H and O–H groups in total. The van der Waals surface area contributed by atoms with Crippen LogP contribution in [0, 0.1) is 0 Å². The van der Waals surface area contributed by atoms with Crippen molar-refractivity contribution in [2.45, 2.75) is 31.6 Å². The van der Waals surface area contributed by atoms with Crippen LogP contribution >= 0.6 is 0 Å². The number of hydrogen-bond donors (Lipinski definition) is 1. The average Bonchev–Trinajstić information content (AvgIpc) is 3.54. The number of methoxy groups -OCH3 is 5. The smallest absolute Gasteiger partial charge is 0.287 e. The Morgan fingerprint density at radius 2 is 1.73 bits per heavy atom. The van der Waals surface area contributed by atoms with Crippen molar-refractivity contribution in [3.8, 4) is 5.75 Å². The molecule has 196 valence electrons. The number of rotatable bonds is 10. The number of amides is 1. The van der Waals surface area contributed by atoms with Crippen molar-refractivity contribution in [2.75, 3.05) is 35.5 Å². The van der Waals surface area contributed by atoms with Crippen molar-refractivity contribution in [2.24, 2.45) is 0 Å². The van der Waals surface area contributed by atoms with Gasteiger partial charge in [0.15, 0.2) is 11.5 Å². The Morgan fingerprint density at radius 3 is 2.30 bits per heavy atom. The minimum atomic E-state index is -1.26. The topological polar surface area (TPSA) is 88.4 Å².